The minimum atomic E-state index is 0.276. The Labute approximate surface area is 106 Å². The first-order valence-corrected chi connectivity index (χ1v) is 5.61. The van der Waals surface area contributed by atoms with E-state index in [0.29, 0.717) is 13.1 Å². The standard InChI is InChI=1S/2C7H9NO/c2*8-5-6-2-1-3-7(9)4-6/h2*1-4,9H,5,8H2. The van der Waals surface area contributed by atoms with Gasteiger partial charge in [-0.25, -0.2) is 0 Å². The average molecular weight is 246 g/mol. The monoisotopic (exact) mass is 246 g/mol. The van der Waals surface area contributed by atoms with E-state index in [0.717, 1.165) is 11.1 Å². The lowest BCUT2D eigenvalue weighted by atomic mass is 10.2. The van der Waals surface area contributed by atoms with Crippen molar-refractivity contribution in [2.24, 2.45) is 11.5 Å². The summed E-state index contributed by atoms with van der Waals surface area (Å²) in [7, 11) is 0. The van der Waals surface area contributed by atoms with Gasteiger partial charge in [-0.2, -0.15) is 0 Å². The van der Waals surface area contributed by atoms with Crippen LogP contribution in [0.25, 0.3) is 0 Å². The molecule has 96 valence electrons. The molecule has 2 aromatic rings. The normalized spacial score (nSPS) is 9.44. The Morgan fingerprint density at radius 1 is 0.722 bits per heavy atom. The first-order valence-electron chi connectivity index (χ1n) is 5.61. The lowest BCUT2D eigenvalue weighted by molar-refractivity contribution is 0.474. The largest absolute Gasteiger partial charge is 0.508 e. The molecule has 0 radical (unpaired) electrons. The fourth-order valence-corrected chi connectivity index (χ4v) is 1.37. The molecular formula is C14H18N2O2. The molecule has 2 rings (SSSR count). The van der Waals surface area contributed by atoms with Gasteiger partial charge in [0.15, 0.2) is 0 Å². The van der Waals surface area contributed by atoms with Gasteiger partial charge < -0.3 is 21.7 Å². The summed E-state index contributed by atoms with van der Waals surface area (Å²) in [4.78, 5) is 0. The molecule has 0 saturated heterocycles. The molecule has 6 N–H and O–H groups in total. The molecule has 0 spiro atoms. The van der Waals surface area contributed by atoms with Crippen molar-refractivity contribution >= 4 is 0 Å². The van der Waals surface area contributed by atoms with Gasteiger partial charge in [0.25, 0.3) is 0 Å². The van der Waals surface area contributed by atoms with Crippen molar-refractivity contribution in [2.75, 3.05) is 0 Å². The second kappa shape index (κ2) is 7.32. The van der Waals surface area contributed by atoms with E-state index in [4.69, 9.17) is 21.7 Å². The van der Waals surface area contributed by atoms with Crippen LogP contribution in [0.3, 0.4) is 0 Å². The van der Waals surface area contributed by atoms with Gasteiger partial charge in [0.1, 0.15) is 11.5 Å². The van der Waals surface area contributed by atoms with Crippen LogP contribution in [-0.4, -0.2) is 10.2 Å². The van der Waals surface area contributed by atoms with Crippen LogP contribution in [0.1, 0.15) is 11.1 Å². The molecule has 0 unspecified atom stereocenters. The number of rotatable bonds is 2. The van der Waals surface area contributed by atoms with Crippen LogP contribution in [0.4, 0.5) is 0 Å². The molecule has 4 heteroatoms. The molecule has 18 heavy (non-hydrogen) atoms. The predicted molar refractivity (Wildman–Crippen MR) is 72.0 cm³/mol. The van der Waals surface area contributed by atoms with Crippen molar-refractivity contribution in [1.29, 1.82) is 0 Å². The van der Waals surface area contributed by atoms with Crippen LogP contribution in [-0.2, 0) is 13.1 Å². The topological polar surface area (TPSA) is 92.5 Å². The molecule has 0 aliphatic rings. The number of benzene rings is 2. The van der Waals surface area contributed by atoms with Crippen LogP contribution in [0.15, 0.2) is 48.5 Å². The predicted octanol–water partition coefficient (Wildman–Crippen LogP) is 1.70. The molecule has 0 fully saturated rings. The number of phenols is 2. The number of phenolic OH excluding ortho intramolecular Hbond substituents is 2. The van der Waals surface area contributed by atoms with Crippen LogP contribution >= 0.6 is 0 Å². The van der Waals surface area contributed by atoms with Gasteiger partial charge >= 0.3 is 0 Å². The molecule has 0 bridgehead atoms. The summed E-state index contributed by atoms with van der Waals surface area (Å²) in [6.07, 6.45) is 0. The number of hydrogen-bond donors (Lipinski definition) is 4. The Morgan fingerprint density at radius 2 is 1.11 bits per heavy atom. The fraction of sp³-hybridized carbons (Fsp3) is 0.143. The third-order valence-electron chi connectivity index (χ3n) is 2.29. The number of nitrogens with two attached hydrogens (primary N) is 2. The molecule has 0 atom stereocenters. The molecular weight excluding hydrogens is 228 g/mol. The van der Waals surface area contributed by atoms with Crippen molar-refractivity contribution < 1.29 is 10.2 Å². The van der Waals surface area contributed by atoms with E-state index in [1.807, 2.05) is 12.1 Å². The molecule has 0 aliphatic carbocycles. The quantitative estimate of drug-likeness (QED) is 0.649. The molecule has 0 amide bonds. The smallest absolute Gasteiger partial charge is 0.115 e. The fourth-order valence-electron chi connectivity index (χ4n) is 1.37. The second-order valence-corrected chi connectivity index (χ2v) is 3.75. The number of hydrogen-bond acceptors (Lipinski definition) is 4. The van der Waals surface area contributed by atoms with Crippen molar-refractivity contribution in [3.8, 4) is 11.5 Å². The van der Waals surface area contributed by atoms with E-state index in [9.17, 15) is 0 Å². The zero-order valence-electron chi connectivity index (χ0n) is 10.1. The van der Waals surface area contributed by atoms with Crippen LogP contribution in [0.2, 0.25) is 0 Å². The summed E-state index contributed by atoms with van der Waals surface area (Å²) in [5.74, 6) is 0.552. The highest BCUT2D eigenvalue weighted by Crippen LogP contribution is 2.09. The minimum absolute atomic E-state index is 0.276. The molecule has 4 nitrogen and oxygen atoms in total. The van der Waals surface area contributed by atoms with Crippen LogP contribution in [0, 0.1) is 0 Å². The Kier molecular flexibility index (Phi) is 5.70. The number of aromatic hydroxyl groups is 2. The van der Waals surface area contributed by atoms with Crippen molar-refractivity contribution in [2.45, 2.75) is 13.1 Å². The third-order valence-corrected chi connectivity index (χ3v) is 2.29. The lowest BCUT2D eigenvalue weighted by Gasteiger charge is -1.94. The molecule has 0 aliphatic heterocycles. The van der Waals surface area contributed by atoms with Gasteiger partial charge in [0, 0.05) is 13.1 Å². The minimum Gasteiger partial charge on any atom is -0.508 e. The third kappa shape index (κ3) is 4.86. The van der Waals surface area contributed by atoms with E-state index in [-0.39, 0.29) is 11.5 Å². The summed E-state index contributed by atoms with van der Waals surface area (Å²) >= 11 is 0. The Bertz CT molecular complexity index is 441. The first kappa shape index (κ1) is 14.0. The van der Waals surface area contributed by atoms with Crippen molar-refractivity contribution in [3.63, 3.8) is 0 Å². The SMILES string of the molecule is NCc1cccc(O)c1.NCc1cccc(O)c1. The van der Waals surface area contributed by atoms with Crippen molar-refractivity contribution in [3.05, 3.63) is 59.7 Å². The maximum absolute atomic E-state index is 8.89. The average Bonchev–Trinajstić information content (AvgIpc) is 2.39. The van der Waals surface area contributed by atoms with Gasteiger partial charge in [0.2, 0.25) is 0 Å². The van der Waals surface area contributed by atoms with E-state index >= 15 is 0 Å². The highest BCUT2D eigenvalue weighted by Gasteiger charge is 1.88. The van der Waals surface area contributed by atoms with Gasteiger partial charge in [-0.15, -0.1) is 0 Å². The van der Waals surface area contributed by atoms with E-state index in [1.54, 1.807) is 36.4 Å². The highest BCUT2D eigenvalue weighted by atomic mass is 16.3. The maximum Gasteiger partial charge on any atom is 0.115 e. The summed E-state index contributed by atoms with van der Waals surface area (Å²) in [6.45, 7) is 0.961. The van der Waals surface area contributed by atoms with Crippen molar-refractivity contribution in [1.82, 2.24) is 0 Å². The second-order valence-electron chi connectivity index (χ2n) is 3.75. The van der Waals surface area contributed by atoms with Gasteiger partial charge in [-0.05, 0) is 35.4 Å². The first-order chi connectivity index (χ1) is 8.65. The van der Waals surface area contributed by atoms with Gasteiger partial charge in [-0.1, -0.05) is 24.3 Å². The maximum atomic E-state index is 8.89. The summed E-state index contributed by atoms with van der Waals surface area (Å²) in [6, 6.07) is 13.9. The lowest BCUT2D eigenvalue weighted by Crippen LogP contribution is -1.94. The van der Waals surface area contributed by atoms with Gasteiger partial charge in [0.05, 0.1) is 0 Å². The van der Waals surface area contributed by atoms with E-state index < -0.39 is 0 Å². The van der Waals surface area contributed by atoms with E-state index in [2.05, 4.69) is 0 Å². The van der Waals surface area contributed by atoms with Crippen LogP contribution < -0.4 is 11.5 Å². The molecule has 0 saturated carbocycles. The Morgan fingerprint density at radius 3 is 1.33 bits per heavy atom. The summed E-state index contributed by atoms with van der Waals surface area (Å²) in [5, 5.41) is 17.8. The highest BCUT2D eigenvalue weighted by molar-refractivity contribution is 5.27. The molecule has 0 aromatic heterocycles. The Hall–Kier alpha value is -2.04. The zero-order valence-corrected chi connectivity index (χ0v) is 10.1. The molecule has 2 aromatic carbocycles. The zero-order chi connectivity index (χ0) is 13.4. The molecule has 0 heterocycles. The van der Waals surface area contributed by atoms with E-state index in [1.165, 1.54) is 0 Å². The van der Waals surface area contributed by atoms with Gasteiger partial charge in [-0.3, -0.25) is 0 Å². The summed E-state index contributed by atoms with van der Waals surface area (Å²) in [5.41, 5.74) is 12.5. The Balaban J connectivity index is 0.000000180. The van der Waals surface area contributed by atoms with Crippen LogP contribution in [0.5, 0.6) is 11.5 Å². The summed E-state index contributed by atoms with van der Waals surface area (Å²) < 4.78 is 0.